The minimum atomic E-state index is -0.0671. The van der Waals surface area contributed by atoms with Crippen molar-refractivity contribution in [2.75, 3.05) is 14.2 Å². The first kappa shape index (κ1) is 12.0. The Morgan fingerprint density at radius 3 is 1.57 bits per heavy atom. The number of rotatable bonds is 3. The van der Waals surface area contributed by atoms with E-state index in [2.05, 4.69) is 27.7 Å². The van der Waals surface area contributed by atoms with E-state index in [1.54, 1.807) is 14.2 Å². The molecule has 0 aliphatic heterocycles. The van der Waals surface area contributed by atoms with Gasteiger partial charge in [0.2, 0.25) is 0 Å². The Kier molecular flexibility index (Phi) is 3.27. The molecule has 0 saturated heterocycles. The van der Waals surface area contributed by atoms with Crippen LogP contribution in [0.1, 0.15) is 40.5 Å². The molecule has 0 aromatic heterocycles. The highest BCUT2D eigenvalue weighted by molar-refractivity contribution is 4.97. The van der Waals surface area contributed by atoms with Gasteiger partial charge >= 0.3 is 0 Å². The van der Waals surface area contributed by atoms with Gasteiger partial charge in [0.15, 0.2) is 6.29 Å². The Balaban J connectivity index is 2.90. The van der Waals surface area contributed by atoms with Gasteiger partial charge in [-0.2, -0.15) is 0 Å². The first-order valence-corrected chi connectivity index (χ1v) is 5.41. The van der Waals surface area contributed by atoms with E-state index in [1.807, 2.05) is 0 Å². The molecular formula is C12H24O2. The summed E-state index contributed by atoms with van der Waals surface area (Å²) in [6, 6.07) is 0. The molecule has 2 nitrogen and oxygen atoms in total. The van der Waals surface area contributed by atoms with Crippen LogP contribution in [-0.2, 0) is 9.47 Å². The van der Waals surface area contributed by atoms with Gasteiger partial charge in [-0.15, -0.1) is 0 Å². The maximum atomic E-state index is 5.43. The smallest absolute Gasteiger partial charge is 0.160 e. The van der Waals surface area contributed by atoms with Crippen LogP contribution >= 0.6 is 0 Å². The van der Waals surface area contributed by atoms with Crippen molar-refractivity contribution in [1.82, 2.24) is 0 Å². The fourth-order valence-corrected chi connectivity index (χ4v) is 3.12. The van der Waals surface area contributed by atoms with E-state index in [1.165, 1.54) is 12.8 Å². The molecule has 14 heavy (non-hydrogen) atoms. The van der Waals surface area contributed by atoms with E-state index in [0.717, 1.165) is 0 Å². The van der Waals surface area contributed by atoms with Crippen molar-refractivity contribution < 1.29 is 9.47 Å². The van der Waals surface area contributed by atoms with Crippen LogP contribution in [0.15, 0.2) is 0 Å². The lowest BCUT2D eigenvalue weighted by Gasteiger charge is -2.39. The third-order valence-electron chi connectivity index (χ3n) is 3.83. The lowest BCUT2D eigenvalue weighted by molar-refractivity contribution is -0.176. The molecule has 0 unspecified atom stereocenters. The number of ether oxygens (including phenoxy) is 2. The number of methoxy groups -OCH3 is 2. The summed E-state index contributed by atoms with van der Waals surface area (Å²) in [5.74, 6) is 0.477. The second kappa shape index (κ2) is 3.82. The molecule has 0 atom stereocenters. The zero-order valence-corrected chi connectivity index (χ0v) is 10.4. The summed E-state index contributed by atoms with van der Waals surface area (Å²) in [6.45, 7) is 9.27. The van der Waals surface area contributed by atoms with E-state index in [4.69, 9.17) is 9.47 Å². The lowest BCUT2D eigenvalue weighted by Crippen LogP contribution is -2.40. The fourth-order valence-electron chi connectivity index (χ4n) is 3.12. The van der Waals surface area contributed by atoms with Crippen molar-refractivity contribution in [1.29, 1.82) is 0 Å². The SMILES string of the molecule is COC(OC)C1C(C)(C)CCC1(C)C. The quantitative estimate of drug-likeness (QED) is 0.652. The molecule has 0 spiro atoms. The van der Waals surface area contributed by atoms with E-state index in [9.17, 15) is 0 Å². The van der Waals surface area contributed by atoms with Crippen LogP contribution in [0, 0.1) is 16.7 Å². The third-order valence-corrected chi connectivity index (χ3v) is 3.83. The van der Waals surface area contributed by atoms with E-state index in [0.29, 0.717) is 16.7 Å². The van der Waals surface area contributed by atoms with Crippen LogP contribution in [0.25, 0.3) is 0 Å². The highest BCUT2D eigenvalue weighted by atomic mass is 16.7. The first-order valence-electron chi connectivity index (χ1n) is 5.41. The molecule has 0 amide bonds. The Morgan fingerprint density at radius 2 is 1.29 bits per heavy atom. The third kappa shape index (κ3) is 1.96. The van der Waals surface area contributed by atoms with Crippen LogP contribution in [0.3, 0.4) is 0 Å². The van der Waals surface area contributed by atoms with E-state index < -0.39 is 0 Å². The maximum Gasteiger partial charge on any atom is 0.160 e. The van der Waals surface area contributed by atoms with Gasteiger partial charge in [-0.05, 0) is 23.7 Å². The van der Waals surface area contributed by atoms with Crippen molar-refractivity contribution in [3.8, 4) is 0 Å². The van der Waals surface area contributed by atoms with Gasteiger partial charge in [-0.1, -0.05) is 27.7 Å². The second-order valence-corrected chi connectivity index (χ2v) is 5.79. The minimum absolute atomic E-state index is 0.0671. The fraction of sp³-hybridized carbons (Fsp3) is 1.00. The Labute approximate surface area is 88.0 Å². The van der Waals surface area contributed by atoms with E-state index >= 15 is 0 Å². The molecule has 1 saturated carbocycles. The van der Waals surface area contributed by atoms with Crippen molar-refractivity contribution in [2.24, 2.45) is 16.7 Å². The standard InChI is InChI=1S/C12H24O2/c1-11(2)7-8-12(3,4)9(11)10(13-5)14-6/h9-10H,7-8H2,1-6H3. The van der Waals surface area contributed by atoms with Gasteiger partial charge in [0.1, 0.15) is 0 Å². The minimum Gasteiger partial charge on any atom is -0.356 e. The van der Waals surface area contributed by atoms with Gasteiger partial charge in [0.25, 0.3) is 0 Å². The topological polar surface area (TPSA) is 18.5 Å². The van der Waals surface area contributed by atoms with Crippen molar-refractivity contribution in [3.05, 3.63) is 0 Å². The zero-order chi connectivity index (χ0) is 11.0. The van der Waals surface area contributed by atoms with Crippen LogP contribution < -0.4 is 0 Å². The largest absolute Gasteiger partial charge is 0.356 e. The van der Waals surface area contributed by atoms with Crippen LogP contribution in [0.2, 0.25) is 0 Å². The predicted molar refractivity (Wildman–Crippen MR) is 58.1 cm³/mol. The van der Waals surface area contributed by atoms with Crippen molar-refractivity contribution in [3.63, 3.8) is 0 Å². The lowest BCUT2D eigenvalue weighted by atomic mass is 9.72. The molecule has 1 fully saturated rings. The molecule has 0 aromatic carbocycles. The summed E-state index contributed by atoms with van der Waals surface area (Å²) >= 11 is 0. The predicted octanol–water partition coefficient (Wildman–Crippen LogP) is 3.07. The van der Waals surface area contributed by atoms with Crippen LogP contribution in [0.4, 0.5) is 0 Å². The molecule has 2 heteroatoms. The summed E-state index contributed by atoms with van der Waals surface area (Å²) in [5.41, 5.74) is 0.639. The Bertz CT molecular complexity index is 176. The molecule has 1 rings (SSSR count). The average Bonchev–Trinajstić information content (AvgIpc) is 2.29. The summed E-state index contributed by atoms with van der Waals surface area (Å²) < 4.78 is 10.9. The summed E-state index contributed by atoms with van der Waals surface area (Å²) in [6.07, 6.45) is 2.45. The van der Waals surface area contributed by atoms with Gasteiger partial charge in [-0.3, -0.25) is 0 Å². The Hall–Kier alpha value is -0.0800. The molecule has 0 aromatic rings. The highest BCUT2D eigenvalue weighted by Gasteiger charge is 2.51. The van der Waals surface area contributed by atoms with Crippen LogP contribution in [-0.4, -0.2) is 20.5 Å². The molecule has 0 N–H and O–H groups in total. The van der Waals surface area contributed by atoms with Crippen molar-refractivity contribution in [2.45, 2.75) is 46.8 Å². The van der Waals surface area contributed by atoms with Gasteiger partial charge in [0.05, 0.1) is 0 Å². The van der Waals surface area contributed by atoms with Crippen molar-refractivity contribution >= 4 is 0 Å². The zero-order valence-electron chi connectivity index (χ0n) is 10.4. The number of hydrogen-bond acceptors (Lipinski definition) is 2. The molecule has 0 heterocycles. The first-order chi connectivity index (χ1) is 6.35. The maximum absolute atomic E-state index is 5.43. The molecule has 0 bridgehead atoms. The Morgan fingerprint density at radius 1 is 0.929 bits per heavy atom. The summed E-state index contributed by atoms with van der Waals surface area (Å²) in [4.78, 5) is 0. The molecule has 1 aliphatic rings. The normalized spacial score (nSPS) is 25.9. The molecule has 1 aliphatic carbocycles. The van der Waals surface area contributed by atoms with Gasteiger partial charge in [0, 0.05) is 20.1 Å². The van der Waals surface area contributed by atoms with Gasteiger partial charge in [-0.25, -0.2) is 0 Å². The molecule has 0 radical (unpaired) electrons. The average molecular weight is 200 g/mol. The summed E-state index contributed by atoms with van der Waals surface area (Å²) in [7, 11) is 3.47. The second-order valence-electron chi connectivity index (χ2n) is 5.79. The molecular weight excluding hydrogens is 176 g/mol. The number of hydrogen-bond donors (Lipinski definition) is 0. The summed E-state index contributed by atoms with van der Waals surface area (Å²) in [5, 5.41) is 0. The monoisotopic (exact) mass is 200 g/mol. The van der Waals surface area contributed by atoms with E-state index in [-0.39, 0.29) is 6.29 Å². The van der Waals surface area contributed by atoms with Gasteiger partial charge < -0.3 is 9.47 Å². The highest BCUT2D eigenvalue weighted by Crippen LogP contribution is 2.55. The molecule has 84 valence electrons. The van der Waals surface area contributed by atoms with Crippen LogP contribution in [0.5, 0.6) is 0 Å².